The van der Waals surface area contributed by atoms with E-state index in [9.17, 15) is 8.42 Å². The largest absolute Gasteiger partial charge is 0.385 e. The first-order chi connectivity index (χ1) is 12.8. The third-order valence-electron chi connectivity index (χ3n) is 4.76. The number of hydrogen-bond donors (Lipinski definition) is 2. The molecule has 1 unspecified atom stereocenters. The van der Waals surface area contributed by atoms with Crippen molar-refractivity contribution in [1.29, 1.82) is 0 Å². The summed E-state index contributed by atoms with van der Waals surface area (Å²) in [7, 11) is -3.55. The minimum absolute atomic E-state index is 0.00597. The van der Waals surface area contributed by atoms with Crippen molar-refractivity contribution < 1.29 is 8.42 Å². The van der Waals surface area contributed by atoms with E-state index in [0.29, 0.717) is 17.0 Å². The highest BCUT2D eigenvalue weighted by molar-refractivity contribution is 7.90. The molecule has 3 aromatic rings. The lowest BCUT2D eigenvalue weighted by atomic mass is 9.98. The predicted molar refractivity (Wildman–Crippen MR) is 112 cm³/mol. The van der Waals surface area contributed by atoms with Crippen molar-refractivity contribution >= 4 is 32.7 Å². The van der Waals surface area contributed by atoms with Crippen LogP contribution in [0.5, 0.6) is 0 Å². The number of rotatable bonds is 7. The van der Waals surface area contributed by atoms with Crippen LogP contribution in [0.2, 0.25) is 0 Å². The summed E-state index contributed by atoms with van der Waals surface area (Å²) in [5.74, 6) is 0.446. The first kappa shape index (κ1) is 19.2. The van der Waals surface area contributed by atoms with Gasteiger partial charge in [-0.2, -0.15) is 0 Å². The van der Waals surface area contributed by atoms with Crippen LogP contribution in [0, 0.1) is 0 Å². The number of nitrogen functional groups attached to an aromatic ring is 1. The Kier molecular flexibility index (Phi) is 5.41. The molecule has 0 saturated carbocycles. The quantitative estimate of drug-likeness (QED) is 0.644. The van der Waals surface area contributed by atoms with Crippen LogP contribution in [0.15, 0.2) is 48.5 Å². The third kappa shape index (κ3) is 3.93. The minimum Gasteiger partial charge on any atom is -0.385 e. The fourth-order valence-electron chi connectivity index (χ4n) is 3.05. The van der Waals surface area contributed by atoms with Crippen LogP contribution < -0.4 is 11.1 Å². The first-order valence-electron chi connectivity index (χ1n) is 9.12. The molecule has 2 aromatic carbocycles. The molecule has 0 amide bonds. The zero-order valence-corrected chi connectivity index (χ0v) is 16.7. The van der Waals surface area contributed by atoms with Gasteiger partial charge in [0.15, 0.2) is 0 Å². The molecule has 0 aliphatic heterocycles. The van der Waals surface area contributed by atoms with Crippen molar-refractivity contribution in [3.8, 4) is 0 Å². The number of nitrogens with zero attached hydrogens (tertiary/aromatic N) is 2. The molecule has 1 heterocycles. The fraction of sp³-hybridized carbons (Fsp3) is 0.350. The summed E-state index contributed by atoms with van der Waals surface area (Å²) in [4.78, 5) is 4.23. The second kappa shape index (κ2) is 7.60. The number of anilines is 2. The zero-order valence-electron chi connectivity index (χ0n) is 15.9. The van der Waals surface area contributed by atoms with Crippen molar-refractivity contribution in [3.63, 3.8) is 0 Å². The lowest BCUT2D eigenvalue weighted by Crippen LogP contribution is -2.23. The van der Waals surface area contributed by atoms with E-state index in [-0.39, 0.29) is 5.95 Å². The molecule has 3 rings (SSSR count). The lowest BCUT2D eigenvalue weighted by Gasteiger charge is -2.13. The lowest BCUT2D eigenvalue weighted by molar-refractivity contribution is 0.580. The molecule has 0 aliphatic carbocycles. The Morgan fingerprint density at radius 2 is 1.81 bits per heavy atom. The molecule has 0 fully saturated rings. The molecule has 1 atom stereocenters. The van der Waals surface area contributed by atoms with Crippen LogP contribution in [0.3, 0.4) is 0 Å². The van der Waals surface area contributed by atoms with E-state index < -0.39 is 15.3 Å². The van der Waals surface area contributed by atoms with Crippen LogP contribution in [-0.4, -0.2) is 29.2 Å². The van der Waals surface area contributed by atoms with Crippen molar-refractivity contribution in [1.82, 2.24) is 8.96 Å². The molecule has 7 heteroatoms. The molecule has 0 radical (unpaired) electrons. The number of nitrogens with two attached hydrogens (primary N) is 1. The summed E-state index contributed by atoms with van der Waals surface area (Å²) in [6.45, 7) is 6.27. The van der Waals surface area contributed by atoms with Gasteiger partial charge in [-0.15, -0.1) is 0 Å². The molecule has 1 aromatic heterocycles. The van der Waals surface area contributed by atoms with Gasteiger partial charge in [0, 0.05) is 12.2 Å². The van der Waals surface area contributed by atoms with Crippen LogP contribution in [0.4, 0.5) is 11.6 Å². The van der Waals surface area contributed by atoms with Gasteiger partial charge in [-0.25, -0.2) is 17.4 Å². The van der Waals surface area contributed by atoms with Crippen LogP contribution in [0.1, 0.15) is 38.7 Å². The van der Waals surface area contributed by atoms with Gasteiger partial charge in [-0.05, 0) is 49.9 Å². The summed E-state index contributed by atoms with van der Waals surface area (Å²) in [5, 5.41) is 2.81. The van der Waals surface area contributed by atoms with Crippen LogP contribution in [-0.2, 0) is 10.0 Å². The topological polar surface area (TPSA) is 90.0 Å². The maximum Gasteiger partial charge on any atom is 0.244 e. The van der Waals surface area contributed by atoms with E-state index in [1.165, 1.54) is 5.56 Å². The highest BCUT2D eigenvalue weighted by Crippen LogP contribution is 2.25. The Balaban J connectivity index is 1.74. The summed E-state index contributed by atoms with van der Waals surface area (Å²) in [5.41, 5.74) is 9.17. The summed E-state index contributed by atoms with van der Waals surface area (Å²) >= 11 is 0. The van der Waals surface area contributed by atoms with Crippen molar-refractivity contribution in [2.45, 2.75) is 38.4 Å². The third-order valence-corrected chi connectivity index (χ3v) is 6.85. The van der Waals surface area contributed by atoms with E-state index >= 15 is 0 Å². The smallest absolute Gasteiger partial charge is 0.244 e. The number of imidazole rings is 1. The number of nitrogens with one attached hydrogen (secondary N) is 1. The summed E-state index contributed by atoms with van der Waals surface area (Å²) in [6, 6.07) is 15.9. The van der Waals surface area contributed by atoms with E-state index in [2.05, 4.69) is 41.5 Å². The van der Waals surface area contributed by atoms with Gasteiger partial charge in [0.05, 0.1) is 16.3 Å². The van der Waals surface area contributed by atoms with Gasteiger partial charge >= 0.3 is 0 Å². The van der Waals surface area contributed by atoms with Gasteiger partial charge in [0.2, 0.25) is 16.0 Å². The van der Waals surface area contributed by atoms with Gasteiger partial charge < -0.3 is 11.1 Å². The molecule has 144 valence electrons. The molecule has 0 bridgehead atoms. The highest BCUT2D eigenvalue weighted by Gasteiger charge is 2.24. The molecule has 0 spiro atoms. The average molecular weight is 387 g/mol. The molecule has 6 nitrogen and oxygen atoms in total. The molecule has 3 N–H and O–H groups in total. The predicted octanol–water partition coefficient (Wildman–Crippen LogP) is 3.81. The number of aromatic nitrogens is 2. The Hall–Kier alpha value is -2.54. The van der Waals surface area contributed by atoms with Crippen LogP contribution >= 0.6 is 0 Å². The first-order valence-corrected chi connectivity index (χ1v) is 10.6. The second-order valence-corrected chi connectivity index (χ2v) is 9.40. The minimum atomic E-state index is -3.55. The van der Waals surface area contributed by atoms with Crippen molar-refractivity contribution in [2.75, 3.05) is 17.6 Å². The Morgan fingerprint density at radius 3 is 2.48 bits per heavy atom. The summed E-state index contributed by atoms with van der Waals surface area (Å²) < 4.78 is 26.2. The molecule has 0 aliphatic rings. The molecular weight excluding hydrogens is 360 g/mol. The zero-order chi connectivity index (χ0) is 19.6. The maximum atomic E-state index is 12.5. The van der Waals surface area contributed by atoms with E-state index in [1.54, 1.807) is 19.9 Å². The highest BCUT2D eigenvalue weighted by atomic mass is 32.2. The molecule has 27 heavy (non-hydrogen) atoms. The Bertz CT molecular complexity index is 1030. The average Bonchev–Trinajstić information content (AvgIpc) is 2.97. The van der Waals surface area contributed by atoms with Gasteiger partial charge in [0.1, 0.15) is 0 Å². The number of benzene rings is 2. The maximum absolute atomic E-state index is 12.5. The van der Waals surface area contributed by atoms with E-state index in [1.807, 2.05) is 18.2 Å². The molecular formula is C20H26N4O2S. The standard InChI is InChI=1S/C20H26N4O2S/c1-14(2)27(25,26)24-19-10-9-17(13-18(19)23-20(24)21)22-12-11-15(3)16-7-5-4-6-8-16/h4-10,13-15,22H,11-12H2,1-3H3,(H2,21,23). The Labute approximate surface area is 160 Å². The Morgan fingerprint density at radius 1 is 1.11 bits per heavy atom. The van der Waals surface area contributed by atoms with Crippen molar-refractivity contribution in [3.05, 3.63) is 54.1 Å². The summed E-state index contributed by atoms with van der Waals surface area (Å²) in [6.07, 6.45) is 0.986. The second-order valence-electron chi connectivity index (χ2n) is 7.06. The van der Waals surface area contributed by atoms with Gasteiger partial charge in [0.25, 0.3) is 0 Å². The number of hydrogen-bond acceptors (Lipinski definition) is 5. The molecule has 0 saturated heterocycles. The van der Waals surface area contributed by atoms with E-state index in [4.69, 9.17) is 5.73 Å². The van der Waals surface area contributed by atoms with Gasteiger partial charge in [-0.1, -0.05) is 37.3 Å². The SMILES string of the molecule is CC(CCNc1ccc2c(c1)nc(N)n2S(=O)(=O)C(C)C)c1ccccc1. The monoisotopic (exact) mass is 386 g/mol. The van der Waals surface area contributed by atoms with Gasteiger partial charge in [-0.3, -0.25) is 0 Å². The number of fused-ring (bicyclic) bond motifs is 1. The van der Waals surface area contributed by atoms with Crippen molar-refractivity contribution in [2.24, 2.45) is 0 Å². The fourth-order valence-corrected chi connectivity index (χ4v) is 4.20. The normalized spacial score (nSPS) is 13.2. The van der Waals surface area contributed by atoms with E-state index in [0.717, 1.165) is 22.6 Å². The van der Waals surface area contributed by atoms with Crippen LogP contribution in [0.25, 0.3) is 11.0 Å².